The second-order valence-electron chi connectivity index (χ2n) is 7.28. The Labute approximate surface area is 147 Å². The van der Waals surface area contributed by atoms with Crippen LogP contribution in [0, 0.1) is 0 Å². The molecule has 25 heavy (non-hydrogen) atoms. The van der Waals surface area contributed by atoms with Gasteiger partial charge in [-0.3, -0.25) is 0 Å². The van der Waals surface area contributed by atoms with Crippen molar-refractivity contribution >= 4 is 30.1 Å². The van der Waals surface area contributed by atoms with E-state index in [2.05, 4.69) is 4.98 Å². The van der Waals surface area contributed by atoms with Crippen LogP contribution < -0.4 is 5.73 Å². The number of para-hydroxylation sites is 1. The van der Waals surface area contributed by atoms with Gasteiger partial charge in [0.25, 0.3) is 0 Å². The molecule has 2 aromatic rings. The van der Waals surface area contributed by atoms with Crippen molar-refractivity contribution in [3.63, 3.8) is 0 Å². The van der Waals surface area contributed by atoms with Crippen molar-refractivity contribution in [2.45, 2.75) is 38.9 Å². The number of aromatic nitrogens is 1. The molecule has 0 bridgehead atoms. The van der Waals surface area contributed by atoms with Crippen molar-refractivity contribution in [1.82, 2.24) is 4.98 Å². The maximum Gasteiger partial charge on any atom is 0.491 e. The van der Waals surface area contributed by atoms with Gasteiger partial charge in [0, 0.05) is 23.0 Å². The van der Waals surface area contributed by atoms with E-state index >= 15 is 0 Å². The summed E-state index contributed by atoms with van der Waals surface area (Å²) in [5, 5.41) is 10.4. The number of fused-ring (bicyclic) bond motifs is 1. The van der Waals surface area contributed by atoms with Crippen molar-refractivity contribution in [2.24, 2.45) is 5.73 Å². The number of nitrogens with two attached hydrogens (primary N) is 1. The van der Waals surface area contributed by atoms with Crippen LogP contribution in [0.4, 0.5) is 0 Å². The zero-order valence-electron chi connectivity index (χ0n) is 14.9. The highest BCUT2D eigenvalue weighted by molar-refractivity contribution is 6.56. The molecule has 0 aliphatic carbocycles. The number of carboxylic acids is 1. The first kappa shape index (κ1) is 17.7. The number of aromatic carboxylic acids is 1. The van der Waals surface area contributed by atoms with E-state index in [4.69, 9.17) is 15.0 Å². The fourth-order valence-corrected chi connectivity index (χ4v) is 2.89. The Kier molecular flexibility index (Phi) is 4.27. The Hall–Kier alpha value is -2.09. The second-order valence-corrected chi connectivity index (χ2v) is 7.28. The van der Waals surface area contributed by atoms with Gasteiger partial charge in [-0.2, -0.15) is 0 Å². The molecule has 0 amide bonds. The zero-order chi connectivity index (χ0) is 18.4. The molecule has 0 spiro atoms. The summed E-state index contributed by atoms with van der Waals surface area (Å²) >= 11 is 0. The molecule has 132 valence electrons. The van der Waals surface area contributed by atoms with Gasteiger partial charge in [-0.1, -0.05) is 24.3 Å². The molecule has 1 saturated heterocycles. The number of hydrogen-bond donors (Lipinski definition) is 3. The van der Waals surface area contributed by atoms with Gasteiger partial charge in [-0.25, -0.2) is 4.79 Å². The van der Waals surface area contributed by atoms with Crippen LogP contribution in [0.3, 0.4) is 0 Å². The Bertz CT molecular complexity index is 838. The Morgan fingerprint density at radius 2 is 1.84 bits per heavy atom. The highest BCUT2D eigenvalue weighted by Gasteiger charge is 2.52. The molecular weight excluding hydrogens is 319 g/mol. The summed E-state index contributed by atoms with van der Waals surface area (Å²) in [6.07, 6.45) is 1.77. The third-order valence-electron chi connectivity index (χ3n) is 5.08. The van der Waals surface area contributed by atoms with E-state index in [0.29, 0.717) is 11.0 Å². The quantitative estimate of drug-likeness (QED) is 0.743. The van der Waals surface area contributed by atoms with Crippen molar-refractivity contribution in [1.29, 1.82) is 0 Å². The number of carbonyl (C=O) groups is 1. The average Bonchev–Trinajstić information content (AvgIpc) is 2.99. The van der Waals surface area contributed by atoms with Gasteiger partial charge in [0.05, 0.1) is 11.2 Å². The third kappa shape index (κ3) is 2.99. The molecule has 4 N–H and O–H groups in total. The summed E-state index contributed by atoms with van der Waals surface area (Å²) < 4.78 is 12.1. The number of hydrogen-bond acceptors (Lipinski definition) is 4. The molecule has 1 aliphatic rings. The van der Waals surface area contributed by atoms with Gasteiger partial charge >= 0.3 is 13.1 Å². The molecule has 6 nitrogen and oxygen atoms in total. The van der Waals surface area contributed by atoms with Gasteiger partial charge in [0.1, 0.15) is 5.69 Å². The fourth-order valence-electron chi connectivity index (χ4n) is 2.89. The largest absolute Gasteiger partial charge is 0.491 e. The van der Waals surface area contributed by atoms with E-state index in [9.17, 15) is 9.90 Å². The number of benzene rings is 1. The first-order chi connectivity index (χ1) is 11.7. The molecule has 0 unspecified atom stereocenters. The molecule has 0 radical (unpaired) electrons. The van der Waals surface area contributed by atoms with Crippen LogP contribution in [0.25, 0.3) is 17.0 Å². The van der Waals surface area contributed by atoms with Crippen LogP contribution >= 0.6 is 0 Å². The maximum absolute atomic E-state index is 11.6. The second kappa shape index (κ2) is 6.02. The fraction of sp³-hybridized carbons (Fsp3) is 0.389. The Balaban J connectivity index is 2.08. The molecule has 0 atom stereocenters. The number of aromatic amines is 1. The normalized spacial score (nSPS) is 19.6. The molecule has 7 heteroatoms. The highest BCUT2D eigenvalue weighted by atomic mass is 16.7. The first-order valence-corrected chi connectivity index (χ1v) is 8.26. The number of carboxylic acid groups (broad SMARTS) is 1. The molecule has 1 aliphatic heterocycles. The Morgan fingerprint density at radius 1 is 1.24 bits per heavy atom. The Morgan fingerprint density at radius 3 is 2.40 bits per heavy atom. The topological polar surface area (TPSA) is 97.6 Å². The standard InChI is InChI=1S/C18H23BN2O4/c1-17(2)18(3,4)25-19(24-17)11(10-20)9-13-12-7-5-6-8-14(12)21-15(13)16(22)23/h5-9,21H,10,20H2,1-4H3,(H,22,23). The van der Waals surface area contributed by atoms with Crippen LogP contribution in [0.15, 0.2) is 29.7 Å². The minimum Gasteiger partial charge on any atom is -0.477 e. The predicted octanol–water partition coefficient (Wildman–Crippen LogP) is 2.84. The molecule has 0 saturated carbocycles. The minimum absolute atomic E-state index is 0.128. The lowest BCUT2D eigenvalue weighted by Gasteiger charge is -2.32. The van der Waals surface area contributed by atoms with Crippen LogP contribution in [0.1, 0.15) is 43.7 Å². The smallest absolute Gasteiger partial charge is 0.477 e. The molecule has 1 fully saturated rings. The van der Waals surface area contributed by atoms with Gasteiger partial charge in [-0.05, 0) is 39.2 Å². The summed E-state index contributed by atoms with van der Waals surface area (Å²) in [6.45, 7) is 8.07. The van der Waals surface area contributed by atoms with Crippen LogP contribution in [0.5, 0.6) is 0 Å². The van der Waals surface area contributed by atoms with E-state index < -0.39 is 24.3 Å². The van der Waals surface area contributed by atoms with Gasteiger partial charge < -0.3 is 25.1 Å². The predicted molar refractivity (Wildman–Crippen MR) is 98.4 cm³/mol. The number of nitrogens with one attached hydrogen (secondary N) is 1. The van der Waals surface area contributed by atoms with E-state index in [0.717, 1.165) is 10.9 Å². The van der Waals surface area contributed by atoms with Crippen molar-refractivity contribution in [2.75, 3.05) is 6.54 Å². The molecule has 1 aromatic carbocycles. The molecule has 1 aromatic heterocycles. The molecule has 2 heterocycles. The van der Waals surface area contributed by atoms with E-state index in [1.54, 1.807) is 6.08 Å². The summed E-state index contributed by atoms with van der Waals surface area (Å²) in [7, 11) is -0.606. The third-order valence-corrected chi connectivity index (χ3v) is 5.08. The van der Waals surface area contributed by atoms with E-state index in [1.165, 1.54) is 0 Å². The zero-order valence-corrected chi connectivity index (χ0v) is 14.9. The number of H-pyrrole nitrogens is 1. The van der Waals surface area contributed by atoms with Crippen molar-refractivity contribution in [3.8, 4) is 0 Å². The lowest BCUT2D eigenvalue weighted by Crippen LogP contribution is -2.41. The molecule has 3 rings (SSSR count). The van der Waals surface area contributed by atoms with Crippen LogP contribution in [-0.2, 0) is 9.31 Å². The van der Waals surface area contributed by atoms with E-state index in [1.807, 2.05) is 52.0 Å². The van der Waals surface area contributed by atoms with E-state index in [-0.39, 0.29) is 12.2 Å². The summed E-state index contributed by atoms with van der Waals surface area (Å²) in [6, 6.07) is 7.45. The van der Waals surface area contributed by atoms with Crippen LogP contribution in [0.2, 0.25) is 0 Å². The molecular formula is C18H23BN2O4. The van der Waals surface area contributed by atoms with Crippen molar-refractivity contribution < 1.29 is 19.2 Å². The highest BCUT2D eigenvalue weighted by Crippen LogP contribution is 2.39. The van der Waals surface area contributed by atoms with Gasteiger partial charge in [-0.15, -0.1) is 0 Å². The van der Waals surface area contributed by atoms with Crippen molar-refractivity contribution in [3.05, 3.63) is 41.0 Å². The summed E-state index contributed by atoms with van der Waals surface area (Å²) in [5.41, 5.74) is 7.13. The SMILES string of the molecule is CC1(C)OB(C(=Cc2c(C(=O)O)[nH]c3ccccc23)CN)OC1(C)C. The average molecular weight is 342 g/mol. The minimum atomic E-state index is -1.02. The van der Waals surface area contributed by atoms with Gasteiger partial charge in [0.15, 0.2) is 0 Å². The lowest BCUT2D eigenvalue weighted by atomic mass is 9.77. The first-order valence-electron chi connectivity index (χ1n) is 8.26. The summed E-state index contributed by atoms with van der Waals surface area (Å²) in [4.78, 5) is 14.6. The maximum atomic E-state index is 11.6. The van der Waals surface area contributed by atoms with Crippen LogP contribution in [-0.4, -0.2) is 40.9 Å². The lowest BCUT2D eigenvalue weighted by molar-refractivity contribution is 0.00578. The van der Waals surface area contributed by atoms with Gasteiger partial charge in [0.2, 0.25) is 0 Å². The monoisotopic (exact) mass is 342 g/mol. The number of rotatable bonds is 4. The summed E-state index contributed by atoms with van der Waals surface area (Å²) in [5.74, 6) is -1.02.